The Hall–Kier alpha value is -2.94. The number of hydrogen-bond acceptors (Lipinski definition) is 7. The molecule has 170 valence electrons. The zero-order valence-electron chi connectivity index (χ0n) is 18.3. The maximum atomic E-state index is 13.2. The van der Waals surface area contributed by atoms with Crippen molar-refractivity contribution in [1.82, 2.24) is 4.98 Å². The third kappa shape index (κ3) is 4.59. The van der Waals surface area contributed by atoms with Crippen molar-refractivity contribution in [2.24, 2.45) is 0 Å². The lowest BCUT2D eigenvalue weighted by molar-refractivity contribution is 0.0529. The van der Waals surface area contributed by atoms with Gasteiger partial charge in [-0.1, -0.05) is 37.6 Å². The number of nitrogens with zero attached hydrogens (tertiary/aromatic N) is 1. The molecular weight excluding hydrogens is 478 g/mol. The Kier molecular flexibility index (Phi) is 6.69. The Balaban J connectivity index is 1.71. The van der Waals surface area contributed by atoms with Crippen LogP contribution in [0.4, 0.5) is 10.7 Å². The van der Waals surface area contributed by atoms with E-state index in [0.717, 1.165) is 16.6 Å². The van der Waals surface area contributed by atoms with Crippen molar-refractivity contribution in [1.29, 1.82) is 0 Å². The molecule has 0 fully saturated rings. The Morgan fingerprint density at radius 1 is 1.18 bits per heavy atom. The first kappa shape index (κ1) is 23.2. The summed E-state index contributed by atoms with van der Waals surface area (Å²) in [5, 5.41) is 6.41. The lowest BCUT2D eigenvalue weighted by Gasteiger charge is -2.09. The average Bonchev–Trinajstić information content (AvgIpc) is 3.35. The van der Waals surface area contributed by atoms with Gasteiger partial charge in [-0.2, -0.15) is 0 Å². The number of ether oxygens (including phenoxy) is 1. The molecule has 1 amide bonds. The number of pyridine rings is 1. The number of anilines is 2. The largest absolute Gasteiger partial charge is 0.462 e. The highest BCUT2D eigenvalue weighted by molar-refractivity contribution is 7.21. The second kappa shape index (κ2) is 9.51. The molecule has 4 aromatic rings. The number of carbonyl (C=O) groups excluding carboxylic acids is 2. The van der Waals surface area contributed by atoms with E-state index >= 15 is 0 Å². The van der Waals surface area contributed by atoms with Crippen LogP contribution in [0.5, 0.6) is 0 Å². The van der Waals surface area contributed by atoms with Crippen LogP contribution in [0.1, 0.15) is 52.4 Å². The van der Waals surface area contributed by atoms with E-state index in [9.17, 15) is 9.59 Å². The number of rotatable bonds is 6. The fourth-order valence-corrected chi connectivity index (χ4v) is 5.43. The first-order chi connectivity index (χ1) is 15.8. The first-order valence-corrected chi connectivity index (χ1v) is 12.4. The second-order valence-electron chi connectivity index (χ2n) is 7.62. The smallest absolute Gasteiger partial charge is 0.341 e. The highest BCUT2D eigenvalue weighted by Gasteiger charge is 2.25. The molecule has 3 N–H and O–H groups in total. The number of hydrogen-bond donors (Lipinski definition) is 2. The maximum Gasteiger partial charge on any atom is 0.341 e. The third-order valence-electron chi connectivity index (χ3n) is 5.07. The molecule has 0 aliphatic heterocycles. The van der Waals surface area contributed by atoms with Crippen LogP contribution in [0, 0.1) is 0 Å². The molecule has 0 atom stereocenters. The van der Waals surface area contributed by atoms with Crippen LogP contribution in [-0.4, -0.2) is 23.5 Å². The Morgan fingerprint density at radius 2 is 1.91 bits per heavy atom. The number of thiophene rings is 2. The van der Waals surface area contributed by atoms with Crippen LogP contribution < -0.4 is 11.1 Å². The molecule has 1 aromatic carbocycles. The van der Waals surface area contributed by atoms with Gasteiger partial charge >= 0.3 is 5.97 Å². The van der Waals surface area contributed by atoms with E-state index in [0.29, 0.717) is 36.5 Å². The zero-order chi connectivity index (χ0) is 23.7. The van der Waals surface area contributed by atoms with Gasteiger partial charge in [0.05, 0.1) is 12.3 Å². The van der Waals surface area contributed by atoms with Crippen molar-refractivity contribution in [2.45, 2.75) is 26.7 Å². The maximum absolute atomic E-state index is 13.2. The summed E-state index contributed by atoms with van der Waals surface area (Å²) in [4.78, 5) is 31.7. The summed E-state index contributed by atoms with van der Waals surface area (Å²) in [6.07, 6.45) is 0. The van der Waals surface area contributed by atoms with E-state index in [1.165, 1.54) is 22.7 Å². The van der Waals surface area contributed by atoms with Gasteiger partial charge in [0.15, 0.2) is 0 Å². The predicted molar refractivity (Wildman–Crippen MR) is 137 cm³/mol. The number of nitrogens with one attached hydrogen (secondary N) is 1. The fraction of sp³-hybridized carbons (Fsp3) is 0.208. The second-order valence-corrected chi connectivity index (χ2v) is 9.94. The van der Waals surface area contributed by atoms with Crippen molar-refractivity contribution < 1.29 is 14.3 Å². The number of carbonyl (C=O) groups is 2. The van der Waals surface area contributed by atoms with Gasteiger partial charge in [-0.25, -0.2) is 9.78 Å². The van der Waals surface area contributed by atoms with E-state index in [4.69, 9.17) is 22.1 Å². The standard InChI is InChI=1S/C24H22ClN3O3S2/c1-4-31-24(30)18-16(13-5-7-14(25)8-6-13)11-32-23(18)28-21(29)20-19(26)15-9-10-17(12(2)3)27-22(15)33-20/h5-12H,4,26H2,1-3H3,(H,28,29). The molecule has 0 unspecified atom stereocenters. The molecule has 0 spiro atoms. The van der Waals surface area contributed by atoms with E-state index < -0.39 is 11.9 Å². The molecule has 0 saturated carbocycles. The number of esters is 1. The van der Waals surface area contributed by atoms with Gasteiger partial charge in [0.25, 0.3) is 5.91 Å². The zero-order valence-corrected chi connectivity index (χ0v) is 20.7. The molecule has 33 heavy (non-hydrogen) atoms. The summed E-state index contributed by atoms with van der Waals surface area (Å²) in [6, 6.07) is 11.0. The van der Waals surface area contributed by atoms with Gasteiger partial charge in [0.2, 0.25) is 0 Å². The molecule has 0 aliphatic carbocycles. The van der Waals surface area contributed by atoms with Crippen LogP contribution in [0.2, 0.25) is 5.02 Å². The van der Waals surface area contributed by atoms with Crippen molar-refractivity contribution in [3.63, 3.8) is 0 Å². The SMILES string of the molecule is CCOC(=O)c1c(-c2ccc(Cl)cc2)csc1NC(=O)c1sc2nc(C(C)C)ccc2c1N. The number of halogens is 1. The van der Waals surface area contributed by atoms with Crippen LogP contribution in [0.15, 0.2) is 41.8 Å². The third-order valence-corrected chi connectivity index (χ3v) is 7.33. The highest BCUT2D eigenvalue weighted by atomic mass is 35.5. The number of fused-ring (bicyclic) bond motifs is 1. The van der Waals surface area contributed by atoms with E-state index in [1.54, 1.807) is 19.1 Å². The minimum absolute atomic E-state index is 0.218. The quantitative estimate of drug-likeness (QED) is 0.284. The summed E-state index contributed by atoms with van der Waals surface area (Å²) in [5.41, 5.74) is 9.36. The van der Waals surface area contributed by atoms with Crippen LogP contribution in [0.3, 0.4) is 0 Å². The summed E-state index contributed by atoms with van der Waals surface area (Å²) in [7, 11) is 0. The number of nitrogen functional groups attached to an aromatic ring is 1. The molecule has 6 nitrogen and oxygen atoms in total. The lowest BCUT2D eigenvalue weighted by atomic mass is 10.0. The molecule has 0 aliphatic rings. The first-order valence-electron chi connectivity index (χ1n) is 10.3. The number of nitrogens with two attached hydrogens (primary N) is 1. The van der Waals surface area contributed by atoms with E-state index in [1.807, 2.05) is 29.6 Å². The molecular formula is C24H22ClN3O3S2. The van der Waals surface area contributed by atoms with Crippen LogP contribution in [-0.2, 0) is 4.74 Å². The molecule has 0 bridgehead atoms. The van der Waals surface area contributed by atoms with Crippen molar-refractivity contribution in [3.8, 4) is 11.1 Å². The lowest BCUT2D eigenvalue weighted by Crippen LogP contribution is -2.14. The fourth-order valence-electron chi connectivity index (χ4n) is 3.36. The van der Waals surface area contributed by atoms with Crippen LogP contribution in [0.25, 0.3) is 21.3 Å². The monoisotopic (exact) mass is 499 g/mol. The molecule has 4 rings (SSSR count). The minimum atomic E-state index is -0.508. The molecule has 3 aromatic heterocycles. The topological polar surface area (TPSA) is 94.3 Å². The Labute approximate surface area is 204 Å². The number of aromatic nitrogens is 1. The summed E-state index contributed by atoms with van der Waals surface area (Å²) in [6.45, 7) is 6.07. The number of benzene rings is 1. The van der Waals surface area contributed by atoms with E-state index in [-0.39, 0.29) is 12.5 Å². The van der Waals surface area contributed by atoms with E-state index in [2.05, 4.69) is 24.1 Å². The van der Waals surface area contributed by atoms with Gasteiger partial charge in [-0.15, -0.1) is 22.7 Å². The molecule has 9 heteroatoms. The van der Waals surface area contributed by atoms with Gasteiger partial charge in [0, 0.05) is 27.0 Å². The predicted octanol–water partition coefficient (Wildman–Crippen LogP) is 6.81. The Morgan fingerprint density at radius 3 is 2.58 bits per heavy atom. The molecule has 3 heterocycles. The van der Waals surface area contributed by atoms with Gasteiger partial charge < -0.3 is 15.8 Å². The number of amides is 1. The summed E-state index contributed by atoms with van der Waals surface area (Å²) < 4.78 is 5.27. The van der Waals surface area contributed by atoms with Gasteiger partial charge in [0.1, 0.15) is 20.3 Å². The highest BCUT2D eigenvalue weighted by Crippen LogP contribution is 2.39. The normalized spacial score (nSPS) is 11.2. The molecule has 0 saturated heterocycles. The molecule has 0 radical (unpaired) electrons. The summed E-state index contributed by atoms with van der Waals surface area (Å²) in [5.74, 6) is -0.636. The van der Waals surface area contributed by atoms with Gasteiger partial charge in [-0.05, 0) is 42.7 Å². The summed E-state index contributed by atoms with van der Waals surface area (Å²) >= 11 is 8.50. The average molecular weight is 500 g/mol. The minimum Gasteiger partial charge on any atom is -0.462 e. The van der Waals surface area contributed by atoms with Crippen molar-refractivity contribution in [2.75, 3.05) is 17.7 Å². The van der Waals surface area contributed by atoms with Crippen molar-refractivity contribution in [3.05, 3.63) is 62.9 Å². The Bertz CT molecular complexity index is 1340. The van der Waals surface area contributed by atoms with Gasteiger partial charge in [-0.3, -0.25) is 4.79 Å². The van der Waals surface area contributed by atoms with Crippen LogP contribution >= 0.6 is 34.3 Å². The van der Waals surface area contributed by atoms with Crippen molar-refractivity contribution >= 4 is 67.1 Å².